The van der Waals surface area contributed by atoms with Crippen molar-refractivity contribution < 1.29 is 17.7 Å². The zero-order chi connectivity index (χ0) is 17.4. The summed E-state index contributed by atoms with van der Waals surface area (Å²) < 4.78 is 33.6. The summed E-state index contributed by atoms with van der Waals surface area (Å²) in [6, 6.07) is 0. The van der Waals surface area contributed by atoms with E-state index in [1.807, 2.05) is 0 Å². The predicted octanol–water partition coefficient (Wildman–Crippen LogP) is 0.652. The van der Waals surface area contributed by atoms with Crippen LogP contribution in [-0.2, 0) is 23.1 Å². The average Bonchev–Trinajstić information content (AvgIpc) is 3.31. The van der Waals surface area contributed by atoms with E-state index in [1.165, 1.54) is 4.31 Å². The molecule has 1 aliphatic carbocycles. The Labute approximate surface area is 147 Å². The molecule has 3 heterocycles. The first-order chi connectivity index (χ1) is 12.1. The summed E-state index contributed by atoms with van der Waals surface area (Å²) in [7, 11) is -3.38. The van der Waals surface area contributed by atoms with Gasteiger partial charge in [-0.25, -0.2) is 0 Å². The Morgan fingerprint density at radius 2 is 1.52 bits per heavy atom. The number of fused-ring (bicyclic) bond motifs is 1. The molecule has 1 aromatic heterocycles. The highest BCUT2D eigenvalue weighted by atomic mass is 32.2. The number of nitrogens with zero attached hydrogens (tertiary/aromatic N) is 4. The van der Waals surface area contributed by atoms with Crippen molar-refractivity contribution >= 4 is 16.1 Å². The number of hydrogen-bond acceptors (Lipinski definition) is 5. The molecule has 3 aliphatic rings. The summed E-state index contributed by atoms with van der Waals surface area (Å²) >= 11 is 0. The van der Waals surface area contributed by atoms with Crippen LogP contribution in [-0.4, -0.2) is 72.3 Å². The molecule has 2 fully saturated rings. The molecule has 25 heavy (non-hydrogen) atoms. The van der Waals surface area contributed by atoms with Gasteiger partial charge in [-0.3, -0.25) is 4.79 Å². The fraction of sp³-hybridized carbons (Fsp3) is 0.750. The van der Waals surface area contributed by atoms with Gasteiger partial charge < -0.3 is 9.42 Å². The molecule has 9 heteroatoms. The van der Waals surface area contributed by atoms with Crippen LogP contribution in [0.3, 0.4) is 0 Å². The SMILES string of the molecule is O=C(c1noc2c1CCCC2)N1CCN(S(=O)(=O)N2CCCC2)CC1. The van der Waals surface area contributed by atoms with Gasteiger partial charge in [-0.1, -0.05) is 5.16 Å². The summed E-state index contributed by atoms with van der Waals surface area (Å²) in [6.45, 7) is 2.68. The lowest BCUT2D eigenvalue weighted by Gasteiger charge is -2.35. The molecule has 0 spiro atoms. The van der Waals surface area contributed by atoms with Gasteiger partial charge in [-0.15, -0.1) is 0 Å². The van der Waals surface area contributed by atoms with Gasteiger partial charge in [-0.2, -0.15) is 17.0 Å². The van der Waals surface area contributed by atoms with Gasteiger partial charge in [0.1, 0.15) is 5.76 Å². The molecule has 0 radical (unpaired) electrons. The Hall–Kier alpha value is -1.45. The molecular weight excluding hydrogens is 344 g/mol. The normalized spacial score (nSPS) is 23.0. The predicted molar refractivity (Wildman–Crippen MR) is 90.3 cm³/mol. The van der Waals surface area contributed by atoms with Crippen LogP contribution in [0.4, 0.5) is 0 Å². The van der Waals surface area contributed by atoms with Crippen LogP contribution >= 0.6 is 0 Å². The molecule has 138 valence electrons. The lowest BCUT2D eigenvalue weighted by atomic mass is 9.96. The first-order valence-corrected chi connectivity index (χ1v) is 10.5. The third kappa shape index (κ3) is 3.09. The number of aryl methyl sites for hydroxylation is 1. The highest BCUT2D eigenvalue weighted by Gasteiger charge is 2.36. The van der Waals surface area contributed by atoms with Gasteiger partial charge in [-0.05, 0) is 32.1 Å². The number of amides is 1. The van der Waals surface area contributed by atoms with E-state index in [1.54, 1.807) is 9.21 Å². The molecule has 2 aliphatic heterocycles. The van der Waals surface area contributed by atoms with Crippen LogP contribution in [0.25, 0.3) is 0 Å². The number of hydrogen-bond donors (Lipinski definition) is 0. The van der Waals surface area contributed by atoms with Gasteiger partial charge in [0, 0.05) is 51.3 Å². The Balaban J connectivity index is 1.42. The molecular formula is C16H24N4O4S. The maximum atomic E-state index is 12.8. The van der Waals surface area contributed by atoms with Crippen LogP contribution in [0.5, 0.6) is 0 Å². The molecule has 0 N–H and O–H groups in total. The second-order valence-electron chi connectivity index (χ2n) is 6.95. The highest BCUT2D eigenvalue weighted by Crippen LogP contribution is 2.26. The minimum Gasteiger partial charge on any atom is -0.360 e. The van der Waals surface area contributed by atoms with Crippen LogP contribution < -0.4 is 0 Å². The molecule has 0 aromatic carbocycles. The van der Waals surface area contributed by atoms with Crippen molar-refractivity contribution in [3.05, 3.63) is 17.0 Å². The van der Waals surface area contributed by atoms with Crippen molar-refractivity contribution in [1.29, 1.82) is 0 Å². The van der Waals surface area contributed by atoms with Crippen molar-refractivity contribution in [2.45, 2.75) is 38.5 Å². The average molecular weight is 368 g/mol. The number of rotatable bonds is 3. The first kappa shape index (κ1) is 17.0. The maximum absolute atomic E-state index is 12.8. The van der Waals surface area contributed by atoms with E-state index >= 15 is 0 Å². The topological polar surface area (TPSA) is 87.0 Å². The summed E-state index contributed by atoms with van der Waals surface area (Å²) in [4.78, 5) is 14.5. The minimum absolute atomic E-state index is 0.134. The molecule has 1 aromatic rings. The lowest BCUT2D eigenvalue weighted by Crippen LogP contribution is -2.53. The van der Waals surface area contributed by atoms with Crippen LogP contribution in [0, 0.1) is 0 Å². The largest absolute Gasteiger partial charge is 0.360 e. The molecule has 1 amide bonds. The molecule has 8 nitrogen and oxygen atoms in total. The van der Waals surface area contributed by atoms with Gasteiger partial charge in [0.05, 0.1) is 0 Å². The van der Waals surface area contributed by atoms with Gasteiger partial charge in [0.15, 0.2) is 5.69 Å². The van der Waals surface area contributed by atoms with Crippen LogP contribution in [0.2, 0.25) is 0 Å². The number of aromatic nitrogens is 1. The summed E-state index contributed by atoms with van der Waals surface area (Å²) in [6.07, 6.45) is 5.66. The second kappa shape index (κ2) is 6.69. The third-order valence-corrected chi connectivity index (χ3v) is 7.43. The van der Waals surface area contributed by atoms with Crippen LogP contribution in [0.15, 0.2) is 4.52 Å². The van der Waals surface area contributed by atoms with Gasteiger partial charge >= 0.3 is 0 Å². The fourth-order valence-corrected chi connectivity index (χ4v) is 5.58. The fourth-order valence-electron chi connectivity index (χ4n) is 3.91. The third-order valence-electron chi connectivity index (χ3n) is 5.40. The second-order valence-corrected chi connectivity index (χ2v) is 8.87. The quantitative estimate of drug-likeness (QED) is 0.782. The molecule has 2 saturated heterocycles. The Morgan fingerprint density at radius 1 is 0.880 bits per heavy atom. The standard InChI is InChI=1S/C16H24N4O4S/c21-16(15-13-5-1-2-6-14(13)24-17-15)18-9-11-20(12-10-18)25(22,23)19-7-3-4-8-19/h1-12H2. The van der Waals surface area contributed by atoms with Crippen molar-refractivity contribution in [2.75, 3.05) is 39.3 Å². The summed E-state index contributed by atoms with van der Waals surface area (Å²) in [5.74, 6) is 0.704. The van der Waals surface area contributed by atoms with Gasteiger partial charge in [0.2, 0.25) is 0 Å². The van der Waals surface area contributed by atoms with Crippen LogP contribution in [0.1, 0.15) is 47.5 Å². The Kier molecular flexibility index (Phi) is 4.55. The Bertz CT molecular complexity index is 746. The van der Waals surface area contributed by atoms with E-state index in [2.05, 4.69) is 5.16 Å². The van der Waals surface area contributed by atoms with E-state index < -0.39 is 10.2 Å². The zero-order valence-electron chi connectivity index (χ0n) is 14.3. The van der Waals surface area contributed by atoms with Crippen molar-refractivity contribution in [1.82, 2.24) is 18.7 Å². The zero-order valence-corrected chi connectivity index (χ0v) is 15.1. The van der Waals surface area contributed by atoms with Gasteiger partial charge in [0.25, 0.3) is 16.1 Å². The maximum Gasteiger partial charge on any atom is 0.282 e. The molecule has 0 saturated carbocycles. The summed E-state index contributed by atoms with van der Waals surface area (Å²) in [5, 5.41) is 4.00. The Morgan fingerprint density at radius 3 is 2.24 bits per heavy atom. The van der Waals surface area contributed by atoms with E-state index in [4.69, 9.17) is 4.52 Å². The number of piperazine rings is 1. The number of carbonyl (C=O) groups excluding carboxylic acids is 1. The molecule has 4 rings (SSSR count). The van der Waals surface area contributed by atoms with Crippen molar-refractivity contribution in [3.8, 4) is 0 Å². The summed E-state index contributed by atoms with van der Waals surface area (Å²) in [5.41, 5.74) is 1.37. The molecule has 0 atom stereocenters. The highest BCUT2D eigenvalue weighted by molar-refractivity contribution is 7.86. The first-order valence-electron chi connectivity index (χ1n) is 9.09. The van der Waals surface area contributed by atoms with E-state index in [-0.39, 0.29) is 5.91 Å². The van der Waals surface area contributed by atoms with E-state index in [0.29, 0.717) is 45.0 Å². The minimum atomic E-state index is -3.38. The number of carbonyl (C=O) groups is 1. The molecule has 0 unspecified atom stereocenters. The monoisotopic (exact) mass is 368 g/mol. The van der Waals surface area contributed by atoms with E-state index in [9.17, 15) is 13.2 Å². The lowest BCUT2D eigenvalue weighted by molar-refractivity contribution is 0.0683. The smallest absolute Gasteiger partial charge is 0.282 e. The van der Waals surface area contributed by atoms with Crippen molar-refractivity contribution in [2.24, 2.45) is 0 Å². The molecule has 0 bridgehead atoms. The van der Waals surface area contributed by atoms with Crippen molar-refractivity contribution in [3.63, 3.8) is 0 Å². The van der Waals surface area contributed by atoms with E-state index in [0.717, 1.165) is 49.8 Å².